The highest BCUT2D eigenvalue weighted by Crippen LogP contribution is 2.30. The molecule has 8 nitrogen and oxygen atoms in total. The van der Waals surface area contributed by atoms with Crippen molar-refractivity contribution in [2.24, 2.45) is 0 Å². The van der Waals surface area contributed by atoms with Crippen LogP contribution in [0, 0.1) is 5.82 Å². The average Bonchev–Trinajstić information content (AvgIpc) is 3.30. The number of likely N-dealkylation sites (tertiary alicyclic amines) is 1. The summed E-state index contributed by atoms with van der Waals surface area (Å²) < 4.78 is 28.0. The van der Waals surface area contributed by atoms with Crippen LogP contribution in [0.2, 0.25) is 5.02 Å². The van der Waals surface area contributed by atoms with Crippen LogP contribution in [0.5, 0.6) is 5.88 Å². The Morgan fingerprint density at radius 2 is 1.95 bits per heavy atom. The highest BCUT2D eigenvalue weighted by Gasteiger charge is 2.26. The van der Waals surface area contributed by atoms with Crippen LogP contribution in [0.3, 0.4) is 0 Å². The van der Waals surface area contributed by atoms with Gasteiger partial charge in [0.25, 0.3) is 0 Å². The van der Waals surface area contributed by atoms with Crippen molar-refractivity contribution in [3.05, 3.63) is 82.5 Å². The monoisotopic (exact) mass is 591 g/mol. The molecule has 4 aromatic rings. The quantitative estimate of drug-likeness (QED) is 0.232. The topological polar surface area (TPSA) is 81.5 Å². The first-order chi connectivity index (χ1) is 20.4. The molecule has 2 fully saturated rings. The van der Waals surface area contributed by atoms with E-state index in [1.807, 2.05) is 43.3 Å². The second-order valence-corrected chi connectivity index (χ2v) is 11.4. The Hall–Kier alpha value is -3.53. The normalized spacial score (nSPS) is 17.7. The number of nitrogens with zero attached hydrogens (tertiary/aromatic N) is 4. The first-order valence-electron chi connectivity index (χ1n) is 14.6. The number of nitrogens with one attached hydrogen (secondary N) is 1. The average molecular weight is 592 g/mol. The maximum atomic E-state index is 14.1. The van der Waals surface area contributed by atoms with E-state index in [1.165, 1.54) is 6.07 Å². The Labute approximate surface area is 249 Å². The van der Waals surface area contributed by atoms with Gasteiger partial charge in [-0.15, -0.1) is 0 Å². The third kappa shape index (κ3) is 6.59. The number of imidazole rings is 1. The number of pyridine rings is 1. The number of rotatable bonds is 10. The van der Waals surface area contributed by atoms with E-state index in [0.29, 0.717) is 28.8 Å². The highest BCUT2D eigenvalue weighted by atomic mass is 35.5. The highest BCUT2D eigenvalue weighted by molar-refractivity contribution is 6.30. The van der Waals surface area contributed by atoms with E-state index < -0.39 is 0 Å². The molecule has 2 aromatic carbocycles. The van der Waals surface area contributed by atoms with E-state index in [1.54, 1.807) is 12.1 Å². The van der Waals surface area contributed by atoms with Gasteiger partial charge < -0.3 is 19.4 Å². The Kier molecular flexibility index (Phi) is 8.69. The minimum absolute atomic E-state index is 0.0122. The van der Waals surface area contributed by atoms with Gasteiger partial charge in [0.05, 0.1) is 30.2 Å². The molecule has 10 heteroatoms. The Morgan fingerprint density at radius 3 is 2.69 bits per heavy atom. The fraction of sp³-hybridized carbons (Fsp3) is 0.406. The van der Waals surface area contributed by atoms with Crippen LogP contribution in [-0.2, 0) is 29.2 Å². The number of halogens is 2. The first kappa shape index (κ1) is 28.6. The fourth-order valence-corrected chi connectivity index (χ4v) is 5.74. The van der Waals surface area contributed by atoms with Gasteiger partial charge in [0, 0.05) is 47.0 Å². The summed E-state index contributed by atoms with van der Waals surface area (Å²) in [5.74, 6) is 1.43. The smallest absolute Gasteiger partial charge is 0.224 e. The van der Waals surface area contributed by atoms with Crippen LogP contribution < -0.4 is 10.1 Å². The van der Waals surface area contributed by atoms with Crippen molar-refractivity contribution >= 4 is 34.2 Å². The summed E-state index contributed by atoms with van der Waals surface area (Å²) in [5.41, 5.74) is 4.15. The van der Waals surface area contributed by atoms with E-state index >= 15 is 0 Å². The van der Waals surface area contributed by atoms with E-state index in [2.05, 4.69) is 14.8 Å². The molecule has 2 saturated heterocycles. The van der Waals surface area contributed by atoms with Crippen molar-refractivity contribution in [2.75, 3.05) is 25.0 Å². The summed E-state index contributed by atoms with van der Waals surface area (Å²) in [7, 11) is 0. The zero-order valence-electron chi connectivity index (χ0n) is 23.7. The molecular formula is C32H35ClFN5O3. The van der Waals surface area contributed by atoms with E-state index in [0.717, 1.165) is 80.3 Å². The number of hydrogen-bond acceptors (Lipinski definition) is 6. The lowest BCUT2D eigenvalue weighted by Gasteiger charge is -2.32. The molecule has 220 valence electrons. The number of amides is 1. The molecule has 42 heavy (non-hydrogen) atoms. The second-order valence-electron chi connectivity index (χ2n) is 11.0. The molecule has 6 rings (SSSR count). The van der Waals surface area contributed by atoms with E-state index in [4.69, 9.17) is 31.0 Å². The Balaban J connectivity index is 1.10. The van der Waals surface area contributed by atoms with Gasteiger partial charge in [-0.2, -0.15) is 0 Å². The largest absolute Gasteiger partial charge is 0.473 e. The van der Waals surface area contributed by atoms with Crippen LogP contribution >= 0.6 is 11.6 Å². The lowest BCUT2D eigenvalue weighted by atomic mass is 9.93. The molecule has 2 aliphatic rings. The van der Waals surface area contributed by atoms with Crippen LogP contribution in [0.25, 0.3) is 11.0 Å². The molecule has 0 unspecified atom stereocenters. The Bertz CT molecular complexity index is 1570. The molecule has 0 spiro atoms. The summed E-state index contributed by atoms with van der Waals surface area (Å²) in [6.45, 7) is 6.12. The van der Waals surface area contributed by atoms with Crippen molar-refractivity contribution in [1.82, 2.24) is 19.4 Å². The molecule has 0 bridgehead atoms. The Morgan fingerprint density at radius 1 is 1.12 bits per heavy atom. The molecule has 0 aliphatic carbocycles. The molecule has 4 heterocycles. The number of carbonyl (C=O) groups is 1. The number of piperidine rings is 1. The zero-order valence-corrected chi connectivity index (χ0v) is 24.4. The standard InChI is InChI=1S/C32H35ClFN5O3/c1-2-31(40)35-24-8-9-29-28(17-24)36-30(39(29)18-25-12-15-41-25)19-38-13-10-21(11-14-38)27-4-3-5-32(37-27)42-20-22-6-7-23(33)16-26(22)34/h3-9,16-17,21,25H,2,10-15,18-20H2,1H3,(H,35,40)/t25-/m0/s1. The van der Waals surface area contributed by atoms with Gasteiger partial charge >= 0.3 is 0 Å². The van der Waals surface area contributed by atoms with Crippen LogP contribution in [0.15, 0.2) is 54.6 Å². The van der Waals surface area contributed by atoms with Crippen LogP contribution in [0.4, 0.5) is 10.1 Å². The third-order valence-corrected chi connectivity index (χ3v) is 8.35. The summed E-state index contributed by atoms with van der Waals surface area (Å²) in [4.78, 5) is 24.1. The van der Waals surface area contributed by atoms with E-state index in [-0.39, 0.29) is 24.4 Å². The second kappa shape index (κ2) is 12.8. The molecule has 0 radical (unpaired) electrons. The van der Waals surface area contributed by atoms with Gasteiger partial charge in [-0.3, -0.25) is 9.69 Å². The van der Waals surface area contributed by atoms with E-state index in [9.17, 15) is 9.18 Å². The molecule has 0 saturated carbocycles. The minimum Gasteiger partial charge on any atom is -0.473 e. The third-order valence-electron chi connectivity index (χ3n) is 8.12. The predicted octanol–water partition coefficient (Wildman–Crippen LogP) is 6.32. The summed E-state index contributed by atoms with van der Waals surface area (Å²) in [5, 5.41) is 3.30. The molecule has 1 N–H and O–H groups in total. The molecular weight excluding hydrogens is 557 g/mol. The first-order valence-corrected chi connectivity index (χ1v) is 15.0. The zero-order chi connectivity index (χ0) is 29.1. The number of aromatic nitrogens is 3. The van der Waals surface area contributed by atoms with Crippen molar-refractivity contribution in [2.45, 2.75) is 64.3 Å². The molecule has 2 aromatic heterocycles. The number of benzene rings is 2. The predicted molar refractivity (Wildman–Crippen MR) is 160 cm³/mol. The number of fused-ring (bicyclic) bond motifs is 1. The van der Waals surface area contributed by atoms with Gasteiger partial charge in [0.1, 0.15) is 18.2 Å². The van der Waals surface area contributed by atoms with Crippen molar-refractivity contribution in [3.63, 3.8) is 0 Å². The van der Waals surface area contributed by atoms with Gasteiger partial charge in [-0.05, 0) is 68.8 Å². The maximum absolute atomic E-state index is 14.1. The SMILES string of the molecule is CCC(=O)Nc1ccc2c(c1)nc(CN1CCC(c3cccc(OCc4ccc(Cl)cc4F)n3)CC1)n2C[C@@H]1CCO1. The number of anilines is 1. The van der Waals surface area contributed by atoms with Crippen molar-refractivity contribution < 1.29 is 18.7 Å². The number of carbonyl (C=O) groups excluding carboxylic acids is 1. The fourth-order valence-electron chi connectivity index (χ4n) is 5.58. The minimum atomic E-state index is -0.386. The number of hydrogen-bond donors (Lipinski definition) is 1. The van der Waals surface area contributed by atoms with Crippen LogP contribution in [0.1, 0.15) is 55.6 Å². The van der Waals surface area contributed by atoms with Crippen LogP contribution in [-0.4, -0.2) is 51.1 Å². The van der Waals surface area contributed by atoms with Gasteiger partial charge in [-0.1, -0.05) is 30.7 Å². The molecule has 1 atom stereocenters. The maximum Gasteiger partial charge on any atom is 0.224 e. The number of ether oxygens (including phenoxy) is 2. The summed E-state index contributed by atoms with van der Waals surface area (Å²) in [6.07, 6.45) is 3.65. The lowest BCUT2D eigenvalue weighted by Crippen LogP contribution is -2.35. The van der Waals surface area contributed by atoms with Crippen molar-refractivity contribution in [3.8, 4) is 5.88 Å². The van der Waals surface area contributed by atoms with Gasteiger partial charge in [-0.25, -0.2) is 14.4 Å². The molecule has 1 amide bonds. The molecule has 2 aliphatic heterocycles. The van der Waals surface area contributed by atoms with Gasteiger partial charge in [0.2, 0.25) is 11.8 Å². The van der Waals surface area contributed by atoms with Crippen molar-refractivity contribution in [1.29, 1.82) is 0 Å². The lowest BCUT2D eigenvalue weighted by molar-refractivity contribution is -0.115. The summed E-state index contributed by atoms with van der Waals surface area (Å²) in [6, 6.07) is 16.3. The summed E-state index contributed by atoms with van der Waals surface area (Å²) >= 11 is 5.86. The van der Waals surface area contributed by atoms with Gasteiger partial charge in [0.15, 0.2) is 0 Å².